The fraction of sp³-hybridized carbons (Fsp3) is 0.176. The van der Waals surface area contributed by atoms with Crippen molar-refractivity contribution in [2.45, 2.75) is 19.9 Å². The van der Waals surface area contributed by atoms with E-state index in [0.717, 1.165) is 11.3 Å². The number of nitrogens with one attached hydrogen (secondary N) is 1. The van der Waals surface area contributed by atoms with Crippen LogP contribution < -0.4 is 5.32 Å². The maximum Gasteiger partial charge on any atom is 0.271 e. The summed E-state index contributed by atoms with van der Waals surface area (Å²) in [4.78, 5) is 19.3. The second kappa shape index (κ2) is 6.00. The number of aromatic nitrogens is 2. The van der Waals surface area contributed by atoms with Crippen molar-refractivity contribution in [3.05, 3.63) is 58.8 Å². The van der Waals surface area contributed by atoms with Gasteiger partial charge in [-0.15, -0.1) is 0 Å². The maximum atomic E-state index is 10.9. The van der Waals surface area contributed by atoms with Crippen molar-refractivity contribution in [1.82, 2.24) is 9.97 Å². The van der Waals surface area contributed by atoms with Crippen molar-refractivity contribution in [1.29, 1.82) is 0 Å². The first-order valence-corrected chi connectivity index (χ1v) is 7.31. The molecule has 0 fully saturated rings. The molecule has 6 heteroatoms. The maximum absolute atomic E-state index is 10.9. The zero-order valence-electron chi connectivity index (χ0n) is 12.9. The van der Waals surface area contributed by atoms with E-state index in [2.05, 4.69) is 29.1 Å². The molecule has 116 valence electrons. The molecular formula is C17H16N4O2. The number of anilines is 1. The highest BCUT2D eigenvalue weighted by molar-refractivity contribution is 5.79. The van der Waals surface area contributed by atoms with Gasteiger partial charge in [-0.25, -0.2) is 4.98 Å². The van der Waals surface area contributed by atoms with Gasteiger partial charge < -0.3 is 5.32 Å². The summed E-state index contributed by atoms with van der Waals surface area (Å²) in [5.74, 6) is 0. The monoisotopic (exact) mass is 308 g/mol. The molecule has 0 saturated heterocycles. The highest BCUT2D eigenvalue weighted by atomic mass is 16.6. The van der Waals surface area contributed by atoms with Crippen molar-refractivity contribution in [3.63, 3.8) is 0 Å². The van der Waals surface area contributed by atoms with Gasteiger partial charge in [0.2, 0.25) is 0 Å². The number of nitrogens with zero attached hydrogens (tertiary/aromatic N) is 3. The average Bonchev–Trinajstić information content (AvgIpc) is 2.54. The quantitative estimate of drug-likeness (QED) is 0.581. The Bertz CT molecular complexity index is 860. The van der Waals surface area contributed by atoms with E-state index in [1.807, 2.05) is 24.3 Å². The van der Waals surface area contributed by atoms with Gasteiger partial charge in [-0.3, -0.25) is 15.1 Å². The van der Waals surface area contributed by atoms with Crippen LogP contribution in [0.15, 0.2) is 48.7 Å². The lowest BCUT2D eigenvalue weighted by Gasteiger charge is -2.10. The minimum absolute atomic E-state index is 0.0143. The second-order valence-electron chi connectivity index (χ2n) is 5.56. The van der Waals surface area contributed by atoms with Crippen LogP contribution in [0.4, 0.5) is 11.4 Å². The largest absolute Gasteiger partial charge is 0.383 e. The number of hydrogen-bond donors (Lipinski definition) is 1. The van der Waals surface area contributed by atoms with E-state index in [-0.39, 0.29) is 5.69 Å². The molecule has 0 atom stereocenters. The molecule has 23 heavy (non-hydrogen) atoms. The van der Waals surface area contributed by atoms with E-state index < -0.39 is 4.92 Å². The Morgan fingerprint density at radius 2 is 1.83 bits per heavy atom. The van der Waals surface area contributed by atoms with Gasteiger partial charge in [-0.05, 0) is 32.0 Å². The fourth-order valence-electron chi connectivity index (χ4n) is 2.32. The standard InChI is InChI=1S/C17H16N4O2/c1-11(2)19-13-5-3-12(4-6-13)17-10-18-15-8-7-14(21(22)23)9-16(15)20-17/h3-11,19H,1-2H3. The third kappa shape index (κ3) is 3.26. The summed E-state index contributed by atoms with van der Waals surface area (Å²) in [7, 11) is 0. The van der Waals surface area contributed by atoms with Crippen LogP contribution in [0.2, 0.25) is 0 Å². The molecule has 1 aromatic heterocycles. The number of benzene rings is 2. The Kier molecular flexibility index (Phi) is 3.89. The second-order valence-corrected chi connectivity index (χ2v) is 5.56. The fourth-order valence-corrected chi connectivity index (χ4v) is 2.32. The highest BCUT2D eigenvalue weighted by Crippen LogP contribution is 2.23. The predicted molar refractivity (Wildman–Crippen MR) is 90.4 cm³/mol. The summed E-state index contributed by atoms with van der Waals surface area (Å²) in [6.45, 7) is 4.16. The molecule has 1 heterocycles. The van der Waals surface area contributed by atoms with Gasteiger partial charge in [0.05, 0.1) is 27.8 Å². The molecule has 0 bridgehead atoms. The normalized spacial score (nSPS) is 10.9. The number of fused-ring (bicyclic) bond motifs is 1. The topological polar surface area (TPSA) is 81.0 Å². The molecule has 6 nitrogen and oxygen atoms in total. The van der Waals surface area contributed by atoms with Gasteiger partial charge in [0, 0.05) is 29.4 Å². The van der Waals surface area contributed by atoms with Crippen LogP contribution in [-0.4, -0.2) is 20.9 Å². The molecular weight excluding hydrogens is 292 g/mol. The van der Waals surface area contributed by atoms with Gasteiger partial charge >= 0.3 is 0 Å². The van der Waals surface area contributed by atoms with Gasteiger partial charge in [0.15, 0.2) is 0 Å². The van der Waals surface area contributed by atoms with Crippen LogP contribution in [0, 0.1) is 10.1 Å². The molecule has 0 saturated carbocycles. The molecule has 0 aliphatic carbocycles. The van der Waals surface area contributed by atoms with Gasteiger partial charge in [-0.2, -0.15) is 0 Å². The zero-order valence-corrected chi connectivity index (χ0v) is 12.9. The van der Waals surface area contributed by atoms with Crippen molar-refractivity contribution >= 4 is 22.4 Å². The van der Waals surface area contributed by atoms with Crippen LogP contribution in [0.3, 0.4) is 0 Å². The minimum Gasteiger partial charge on any atom is -0.383 e. The first kappa shape index (κ1) is 14.9. The summed E-state index contributed by atoms with van der Waals surface area (Å²) in [5, 5.41) is 14.2. The lowest BCUT2D eigenvalue weighted by Crippen LogP contribution is -2.09. The van der Waals surface area contributed by atoms with Gasteiger partial charge in [0.25, 0.3) is 5.69 Å². The number of non-ortho nitro benzene ring substituents is 1. The zero-order chi connectivity index (χ0) is 16.4. The lowest BCUT2D eigenvalue weighted by molar-refractivity contribution is -0.384. The number of hydrogen-bond acceptors (Lipinski definition) is 5. The van der Waals surface area contributed by atoms with E-state index >= 15 is 0 Å². The lowest BCUT2D eigenvalue weighted by atomic mass is 10.1. The van der Waals surface area contributed by atoms with Crippen LogP contribution in [0.5, 0.6) is 0 Å². The molecule has 2 aromatic carbocycles. The summed E-state index contributed by atoms with van der Waals surface area (Å²) in [6.07, 6.45) is 1.68. The Morgan fingerprint density at radius 3 is 2.48 bits per heavy atom. The minimum atomic E-state index is -0.430. The molecule has 3 rings (SSSR count). The van der Waals surface area contributed by atoms with E-state index in [1.54, 1.807) is 12.3 Å². The molecule has 0 spiro atoms. The molecule has 0 amide bonds. The van der Waals surface area contributed by atoms with Crippen molar-refractivity contribution in [2.24, 2.45) is 0 Å². The molecule has 0 aliphatic heterocycles. The van der Waals surface area contributed by atoms with Crippen LogP contribution >= 0.6 is 0 Å². The summed E-state index contributed by atoms with van der Waals surface area (Å²) < 4.78 is 0. The molecule has 0 unspecified atom stereocenters. The summed E-state index contributed by atoms with van der Waals surface area (Å²) in [6, 6.07) is 12.7. The first-order valence-electron chi connectivity index (χ1n) is 7.31. The smallest absolute Gasteiger partial charge is 0.271 e. The van der Waals surface area contributed by atoms with Crippen molar-refractivity contribution in [3.8, 4) is 11.3 Å². The predicted octanol–water partition coefficient (Wildman–Crippen LogP) is 4.03. The number of nitro groups is 1. The molecule has 1 N–H and O–H groups in total. The van der Waals surface area contributed by atoms with E-state index in [1.165, 1.54) is 12.1 Å². The van der Waals surface area contributed by atoms with Crippen LogP contribution in [0.25, 0.3) is 22.3 Å². The van der Waals surface area contributed by atoms with Crippen molar-refractivity contribution < 1.29 is 4.92 Å². The average molecular weight is 308 g/mol. The summed E-state index contributed by atoms with van der Waals surface area (Å²) in [5.41, 5.74) is 3.81. The Labute approximate surface area is 133 Å². The van der Waals surface area contributed by atoms with E-state index in [0.29, 0.717) is 22.8 Å². The molecule has 0 aliphatic rings. The van der Waals surface area contributed by atoms with Gasteiger partial charge in [-0.1, -0.05) is 12.1 Å². The molecule has 3 aromatic rings. The SMILES string of the molecule is CC(C)Nc1ccc(-c2cnc3ccc([N+](=O)[O-])cc3n2)cc1. The van der Waals surface area contributed by atoms with Gasteiger partial charge in [0.1, 0.15) is 0 Å². The first-order chi connectivity index (χ1) is 11.0. The Morgan fingerprint density at radius 1 is 1.09 bits per heavy atom. The van der Waals surface area contributed by atoms with Crippen LogP contribution in [0.1, 0.15) is 13.8 Å². The Hall–Kier alpha value is -3.02. The number of rotatable bonds is 4. The van der Waals surface area contributed by atoms with Crippen molar-refractivity contribution in [2.75, 3.05) is 5.32 Å². The van der Waals surface area contributed by atoms with E-state index in [4.69, 9.17) is 0 Å². The summed E-state index contributed by atoms with van der Waals surface area (Å²) >= 11 is 0. The highest BCUT2D eigenvalue weighted by Gasteiger charge is 2.09. The third-order valence-corrected chi connectivity index (χ3v) is 3.37. The van der Waals surface area contributed by atoms with Crippen LogP contribution in [-0.2, 0) is 0 Å². The Balaban J connectivity index is 1.97. The third-order valence-electron chi connectivity index (χ3n) is 3.37. The van der Waals surface area contributed by atoms with E-state index in [9.17, 15) is 10.1 Å². The number of nitro benzene ring substituents is 1. The molecule has 0 radical (unpaired) electrons.